The fraction of sp³-hybridized carbons (Fsp3) is 1.00. The van der Waals surface area contributed by atoms with E-state index in [0.717, 1.165) is 6.61 Å². The van der Waals surface area contributed by atoms with Gasteiger partial charge in [-0.05, 0) is 31.1 Å². The molecule has 0 radical (unpaired) electrons. The van der Waals surface area contributed by atoms with E-state index in [1.165, 1.54) is 44.9 Å². The summed E-state index contributed by atoms with van der Waals surface area (Å²) in [6.07, 6.45) is 10.3. The summed E-state index contributed by atoms with van der Waals surface area (Å²) in [5.41, 5.74) is 0.536. The van der Waals surface area contributed by atoms with E-state index in [2.05, 4.69) is 6.92 Å². The number of rotatable bonds is 1. The van der Waals surface area contributed by atoms with Gasteiger partial charge < -0.3 is 4.74 Å². The molecule has 2 aliphatic rings. The van der Waals surface area contributed by atoms with Crippen LogP contribution in [0.25, 0.3) is 0 Å². The van der Waals surface area contributed by atoms with E-state index in [9.17, 15) is 0 Å². The predicted molar refractivity (Wildman–Crippen MR) is 50.2 cm³/mol. The van der Waals surface area contributed by atoms with Gasteiger partial charge in [-0.3, -0.25) is 0 Å². The Bertz CT molecular complexity index is 141. The minimum absolute atomic E-state index is 0.536. The highest BCUT2D eigenvalue weighted by Gasteiger charge is 2.37. The smallest absolute Gasteiger partial charge is 0.0629 e. The monoisotopic (exact) mass is 168 g/mol. The van der Waals surface area contributed by atoms with Crippen LogP contribution in [0, 0.1) is 5.41 Å². The third-order valence-electron chi connectivity index (χ3n) is 3.70. The highest BCUT2D eigenvalue weighted by molar-refractivity contribution is 4.88. The Kier molecular flexibility index (Phi) is 2.40. The van der Waals surface area contributed by atoms with Crippen LogP contribution in [0.4, 0.5) is 0 Å². The van der Waals surface area contributed by atoms with Crippen molar-refractivity contribution in [3.05, 3.63) is 0 Å². The zero-order chi connectivity index (χ0) is 8.44. The molecule has 0 aromatic carbocycles. The SMILES string of the molecule is CC1(C2CCCO2)CCCCC1. The highest BCUT2D eigenvalue weighted by Crippen LogP contribution is 2.43. The van der Waals surface area contributed by atoms with Gasteiger partial charge in [0.15, 0.2) is 0 Å². The Labute approximate surface area is 75.5 Å². The van der Waals surface area contributed by atoms with Gasteiger partial charge in [-0.1, -0.05) is 26.2 Å². The molecular formula is C11H20O. The molecule has 70 valence electrons. The first-order valence-corrected chi connectivity index (χ1v) is 5.43. The number of hydrogen-bond donors (Lipinski definition) is 0. The van der Waals surface area contributed by atoms with Gasteiger partial charge in [0, 0.05) is 6.61 Å². The van der Waals surface area contributed by atoms with Crippen LogP contribution in [0.1, 0.15) is 51.9 Å². The topological polar surface area (TPSA) is 9.23 Å². The second kappa shape index (κ2) is 3.37. The first-order chi connectivity index (χ1) is 5.81. The molecule has 1 aliphatic carbocycles. The molecule has 2 rings (SSSR count). The predicted octanol–water partition coefficient (Wildman–Crippen LogP) is 3.14. The van der Waals surface area contributed by atoms with Crippen molar-refractivity contribution in [1.82, 2.24) is 0 Å². The molecule has 1 heteroatoms. The molecule has 0 aromatic rings. The summed E-state index contributed by atoms with van der Waals surface area (Å²) < 4.78 is 5.80. The summed E-state index contributed by atoms with van der Waals surface area (Å²) in [6, 6.07) is 0. The molecule has 1 atom stereocenters. The second-order valence-electron chi connectivity index (χ2n) is 4.72. The Balaban J connectivity index is 1.97. The molecule has 0 N–H and O–H groups in total. The van der Waals surface area contributed by atoms with E-state index < -0.39 is 0 Å². The van der Waals surface area contributed by atoms with E-state index in [1.807, 2.05) is 0 Å². The standard InChI is InChI=1S/C11H20O/c1-11(7-3-2-4-8-11)10-6-5-9-12-10/h10H,2-9H2,1H3. The summed E-state index contributed by atoms with van der Waals surface area (Å²) >= 11 is 0. The maximum absolute atomic E-state index is 5.80. The van der Waals surface area contributed by atoms with Crippen LogP contribution in [0.2, 0.25) is 0 Å². The minimum Gasteiger partial charge on any atom is -0.378 e. The van der Waals surface area contributed by atoms with Crippen molar-refractivity contribution in [3.63, 3.8) is 0 Å². The Morgan fingerprint density at radius 3 is 2.42 bits per heavy atom. The number of hydrogen-bond acceptors (Lipinski definition) is 1. The molecular weight excluding hydrogens is 148 g/mol. The quantitative estimate of drug-likeness (QED) is 0.584. The van der Waals surface area contributed by atoms with Crippen molar-refractivity contribution in [2.24, 2.45) is 5.41 Å². The van der Waals surface area contributed by atoms with Gasteiger partial charge in [0.1, 0.15) is 0 Å². The molecule has 1 nitrogen and oxygen atoms in total. The van der Waals surface area contributed by atoms with Crippen LogP contribution in [0.5, 0.6) is 0 Å². The molecule has 2 fully saturated rings. The van der Waals surface area contributed by atoms with Crippen LogP contribution >= 0.6 is 0 Å². The minimum atomic E-state index is 0.536. The zero-order valence-electron chi connectivity index (χ0n) is 8.14. The largest absolute Gasteiger partial charge is 0.378 e. The fourth-order valence-electron chi connectivity index (χ4n) is 2.81. The van der Waals surface area contributed by atoms with Gasteiger partial charge in [-0.25, -0.2) is 0 Å². The van der Waals surface area contributed by atoms with Gasteiger partial charge in [0.25, 0.3) is 0 Å². The number of ether oxygens (including phenoxy) is 1. The average molecular weight is 168 g/mol. The lowest BCUT2D eigenvalue weighted by atomic mass is 9.71. The summed E-state index contributed by atoms with van der Waals surface area (Å²) in [5, 5.41) is 0. The lowest BCUT2D eigenvalue weighted by Crippen LogP contribution is -2.33. The van der Waals surface area contributed by atoms with E-state index in [0.29, 0.717) is 11.5 Å². The highest BCUT2D eigenvalue weighted by atomic mass is 16.5. The Morgan fingerprint density at radius 2 is 1.83 bits per heavy atom. The average Bonchev–Trinajstić information content (AvgIpc) is 2.58. The summed E-state index contributed by atoms with van der Waals surface area (Å²) in [7, 11) is 0. The second-order valence-corrected chi connectivity index (χ2v) is 4.72. The first kappa shape index (κ1) is 8.55. The van der Waals surface area contributed by atoms with Crippen LogP contribution < -0.4 is 0 Å². The van der Waals surface area contributed by atoms with E-state index in [4.69, 9.17) is 4.74 Å². The maximum Gasteiger partial charge on any atom is 0.0629 e. The first-order valence-electron chi connectivity index (χ1n) is 5.43. The lowest BCUT2D eigenvalue weighted by Gasteiger charge is -2.38. The fourth-order valence-corrected chi connectivity index (χ4v) is 2.81. The molecule has 0 spiro atoms. The zero-order valence-corrected chi connectivity index (χ0v) is 8.14. The summed E-state index contributed by atoms with van der Waals surface area (Å²) in [4.78, 5) is 0. The van der Waals surface area contributed by atoms with Crippen molar-refractivity contribution in [2.75, 3.05) is 6.61 Å². The van der Waals surface area contributed by atoms with Crippen molar-refractivity contribution in [3.8, 4) is 0 Å². The van der Waals surface area contributed by atoms with Crippen LogP contribution in [-0.4, -0.2) is 12.7 Å². The van der Waals surface area contributed by atoms with Gasteiger partial charge in [-0.2, -0.15) is 0 Å². The van der Waals surface area contributed by atoms with Crippen molar-refractivity contribution in [2.45, 2.75) is 58.0 Å². The van der Waals surface area contributed by atoms with Crippen LogP contribution in [-0.2, 0) is 4.74 Å². The third-order valence-corrected chi connectivity index (χ3v) is 3.70. The van der Waals surface area contributed by atoms with Crippen molar-refractivity contribution < 1.29 is 4.74 Å². The van der Waals surface area contributed by atoms with Gasteiger partial charge in [0.2, 0.25) is 0 Å². The van der Waals surface area contributed by atoms with E-state index >= 15 is 0 Å². The van der Waals surface area contributed by atoms with Crippen molar-refractivity contribution in [1.29, 1.82) is 0 Å². The molecule has 0 amide bonds. The van der Waals surface area contributed by atoms with Crippen LogP contribution in [0.15, 0.2) is 0 Å². The molecule has 1 saturated carbocycles. The van der Waals surface area contributed by atoms with E-state index in [1.54, 1.807) is 0 Å². The molecule has 1 unspecified atom stereocenters. The molecule has 12 heavy (non-hydrogen) atoms. The van der Waals surface area contributed by atoms with Gasteiger partial charge in [-0.15, -0.1) is 0 Å². The summed E-state index contributed by atoms with van der Waals surface area (Å²) in [6.45, 7) is 3.45. The van der Waals surface area contributed by atoms with E-state index in [-0.39, 0.29) is 0 Å². The molecule has 0 aromatic heterocycles. The molecule has 1 heterocycles. The Morgan fingerprint density at radius 1 is 1.08 bits per heavy atom. The Hall–Kier alpha value is -0.0400. The normalized spacial score (nSPS) is 35.2. The van der Waals surface area contributed by atoms with Gasteiger partial charge in [0.05, 0.1) is 6.10 Å². The third kappa shape index (κ3) is 1.52. The molecule has 1 saturated heterocycles. The van der Waals surface area contributed by atoms with Crippen LogP contribution in [0.3, 0.4) is 0 Å². The maximum atomic E-state index is 5.80. The lowest BCUT2D eigenvalue weighted by molar-refractivity contribution is -0.0124. The van der Waals surface area contributed by atoms with Crippen molar-refractivity contribution >= 4 is 0 Å². The van der Waals surface area contributed by atoms with Gasteiger partial charge >= 0.3 is 0 Å². The molecule has 0 bridgehead atoms. The molecule has 1 aliphatic heterocycles. The summed E-state index contributed by atoms with van der Waals surface area (Å²) in [5.74, 6) is 0.